The molecule has 29 heavy (non-hydrogen) atoms. The quantitative estimate of drug-likeness (QED) is 0.694. The van der Waals surface area contributed by atoms with Gasteiger partial charge in [-0.05, 0) is 23.3 Å². The van der Waals surface area contributed by atoms with Crippen molar-refractivity contribution in [2.45, 2.75) is 23.9 Å². The lowest BCUT2D eigenvalue weighted by molar-refractivity contribution is -0.153. The lowest BCUT2D eigenvalue weighted by Crippen LogP contribution is -2.52. The average Bonchev–Trinajstić information content (AvgIpc) is 2.93. The van der Waals surface area contributed by atoms with Crippen LogP contribution in [-0.4, -0.2) is 55.1 Å². The third-order valence-corrected chi connectivity index (χ3v) is 7.02. The zero-order chi connectivity index (χ0) is 20.8. The van der Waals surface area contributed by atoms with Gasteiger partial charge in [-0.2, -0.15) is 0 Å². The second-order valence-electron chi connectivity index (χ2n) is 6.85. The number of sulfonamides is 1. The molecule has 0 bridgehead atoms. The van der Waals surface area contributed by atoms with Crippen LogP contribution < -0.4 is 0 Å². The fourth-order valence-corrected chi connectivity index (χ4v) is 5.25. The highest BCUT2D eigenvalue weighted by Crippen LogP contribution is 2.31. The summed E-state index contributed by atoms with van der Waals surface area (Å²) in [5.41, 5.74) is 1.82. The van der Waals surface area contributed by atoms with E-state index in [2.05, 4.69) is 0 Å². The van der Waals surface area contributed by atoms with E-state index in [0.717, 1.165) is 11.1 Å². The standard InChI is InChI=1S/C20H18N2O6S/c1-28-20(25)16-10-13-6-2-3-7-14(13)11-21(16)18(23)12-22-19(24)15-8-4-5-9-17(15)29(22,26)27/h2-9,16H,10-12H2,1H3/t16-/m0/s1. The van der Waals surface area contributed by atoms with Gasteiger partial charge in [0, 0.05) is 13.0 Å². The van der Waals surface area contributed by atoms with Gasteiger partial charge in [0.05, 0.1) is 12.7 Å². The first-order chi connectivity index (χ1) is 13.8. The lowest BCUT2D eigenvalue weighted by Gasteiger charge is -2.35. The molecule has 2 heterocycles. The van der Waals surface area contributed by atoms with E-state index < -0.39 is 40.4 Å². The number of hydrogen-bond acceptors (Lipinski definition) is 6. The van der Waals surface area contributed by atoms with Crippen molar-refractivity contribution in [1.82, 2.24) is 9.21 Å². The van der Waals surface area contributed by atoms with E-state index in [4.69, 9.17) is 4.74 Å². The molecule has 0 aliphatic carbocycles. The fraction of sp³-hybridized carbons (Fsp3) is 0.250. The minimum Gasteiger partial charge on any atom is -0.467 e. The largest absolute Gasteiger partial charge is 0.467 e. The zero-order valence-electron chi connectivity index (χ0n) is 15.6. The number of fused-ring (bicyclic) bond motifs is 2. The summed E-state index contributed by atoms with van der Waals surface area (Å²) in [6.45, 7) is -0.546. The van der Waals surface area contributed by atoms with Crippen LogP contribution in [0.15, 0.2) is 53.4 Å². The maximum Gasteiger partial charge on any atom is 0.328 e. The molecule has 2 aromatic carbocycles. The molecule has 150 valence electrons. The van der Waals surface area contributed by atoms with Crippen LogP contribution in [0.25, 0.3) is 0 Å². The number of carbonyl (C=O) groups excluding carboxylic acids is 3. The molecule has 4 rings (SSSR count). The summed E-state index contributed by atoms with van der Waals surface area (Å²) >= 11 is 0. The third kappa shape index (κ3) is 3.07. The monoisotopic (exact) mass is 414 g/mol. The molecule has 2 amide bonds. The molecule has 0 aromatic heterocycles. The summed E-state index contributed by atoms with van der Waals surface area (Å²) in [7, 11) is -2.88. The number of benzene rings is 2. The van der Waals surface area contributed by atoms with E-state index >= 15 is 0 Å². The number of amides is 2. The molecule has 0 radical (unpaired) electrons. The summed E-state index contributed by atoms with van der Waals surface area (Å²) < 4.78 is 30.9. The van der Waals surface area contributed by atoms with E-state index in [0.29, 0.717) is 4.31 Å². The molecule has 0 unspecified atom stereocenters. The minimum atomic E-state index is -4.11. The first-order valence-electron chi connectivity index (χ1n) is 8.94. The van der Waals surface area contributed by atoms with Gasteiger partial charge in [0.15, 0.2) is 0 Å². The summed E-state index contributed by atoms with van der Waals surface area (Å²) in [6, 6.07) is 12.3. The SMILES string of the molecule is COC(=O)[C@@H]1Cc2ccccc2CN1C(=O)CN1C(=O)c2ccccc2S1(=O)=O. The second-order valence-corrected chi connectivity index (χ2v) is 8.68. The Bertz CT molecular complexity index is 1130. The molecule has 0 spiro atoms. The molecule has 9 heteroatoms. The first kappa shape index (κ1) is 19.1. The molecule has 0 fully saturated rings. The normalized spacial score (nSPS) is 19.5. The maximum atomic E-state index is 13.0. The van der Waals surface area contributed by atoms with Gasteiger partial charge in [0.2, 0.25) is 5.91 Å². The van der Waals surface area contributed by atoms with Gasteiger partial charge in [-0.1, -0.05) is 36.4 Å². The molecular weight excluding hydrogens is 396 g/mol. The molecule has 1 atom stereocenters. The highest BCUT2D eigenvalue weighted by Gasteiger charge is 2.44. The van der Waals surface area contributed by atoms with Gasteiger partial charge in [-0.15, -0.1) is 0 Å². The Labute approximate surface area is 167 Å². The molecule has 8 nitrogen and oxygen atoms in total. The molecule has 0 saturated heterocycles. The van der Waals surface area contributed by atoms with Crippen LogP contribution in [0.3, 0.4) is 0 Å². The number of carbonyl (C=O) groups is 3. The van der Waals surface area contributed by atoms with Crippen molar-refractivity contribution in [3.63, 3.8) is 0 Å². The van der Waals surface area contributed by atoms with Gasteiger partial charge in [-0.25, -0.2) is 17.5 Å². The first-order valence-corrected chi connectivity index (χ1v) is 10.4. The predicted molar refractivity (Wildman–Crippen MR) is 101 cm³/mol. The van der Waals surface area contributed by atoms with Crippen molar-refractivity contribution in [3.8, 4) is 0 Å². The van der Waals surface area contributed by atoms with Crippen LogP contribution in [-0.2, 0) is 37.3 Å². The Balaban J connectivity index is 1.64. The highest BCUT2D eigenvalue weighted by molar-refractivity contribution is 7.90. The zero-order valence-corrected chi connectivity index (χ0v) is 16.4. The Hall–Kier alpha value is -3.20. The Morgan fingerprint density at radius 1 is 1.07 bits per heavy atom. The van der Waals surface area contributed by atoms with Gasteiger partial charge < -0.3 is 9.64 Å². The summed E-state index contributed by atoms with van der Waals surface area (Å²) in [5.74, 6) is -1.98. The smallest absolute Gasteiger partial charge is 0.328 e. The van der Waals surface area contributed by atoms with Gasteiger partial charge in [-0.3, -0.25) is 9.59 Å². The Morgan fingerprint density at radius 3 is 2.41 bits per heavy atom. The number of ether oxygens (including phenoxy) is 1. The van der Waals surface area contributed by atoms with E-state index in [1.54, 1.807) is 6.07 Å². The van der Waals surface area contributed by atoms with Crippen LogP contribution in [0.4, 0.5) is 0 Å². The van der Waals surface area contributed by atoms with Crippen LogP contribution in [0.1, 0.15) is 21.5 Å². The van der Waals surface area contributed by atoms with Crippen molar-refractivity contribution in [2.75, 3.05) is 13.7 Å². The lowest BCUT2D eigenvalue weighted by atomic mass is 9.94. The average molecular weight is 414 g/mol. The van der Waals surface area contributed by atoms with Gasteiger partial charge in [0.25, 0.3) is 15.9 Å². The highest BCUT2D eigenvalue weighted by atomic mass is 32.2. The predicted octanol–water partition coefficient (Wildman–Crippen LogP) is 0.958. The Morgan fingerprint density at radius 2 is 1.72 bits per heavy atom. The molecule has 0 saturated carbocycles. The number of rotatable bonds is 3. The van der Waals surface area contributed by atoms with E-state index in [1.807, 2.05) is 24.3 Å². The topological polar surface area (TPSA) is 101 Å². The van der Waals surface area contributed by atoms with Crippen molar-refractivity contribution in [2.24, 2.45) is 0 Å². The van der Waals surface area contributed by atoms with Gasteiger partial charge >= 0.3 is 5.97 Å². The van der Waals surface area contributed by atoms with E-state index in [1.165, 1.54) is 30.2 Å². The van der Waals surface area contributed by atoms with Crippen molar-refractivity contribution < 1.29 is 27.5 Å². The van der Waals surface area contributed by atoms with Crippen LogP contribution in [0, 0.1) is 0 Å². The summed E-state index contributed by atoms with van der Waals surface area (Å²) in [4.78, 5) is 39.1. The maximum absolute atomic E-state index is 13.0. The van der Waals surface area contributed by atoms with Crippen molar-refractivity contribution in [1.29, 1.82) is 0 Å². The Kier molecular flexibility index (Phi) is 4.62. The third-order valence-electron chi connectivity index (χ3n) is 5.23. The molecule has 0 N–H and O–H groups in total. The van der Waals surface area contributed by atoms with Crippen LogP contribution in [0.5, 0.6) is 0 Å². The second kappa shape index (κ2) is 7.00. The minimum absolute atomic E-state index is 0.0359. The van der Waals surface area contributed by atoms with E-state index in [9.17, 15) is 22.8 Å². The number of esters is 1. The van der Waals surface area contributed by atoms with Crippen molar-refractivity contribution in [3.05, 3.63) is 65.2 Å². The number of hydrogen-bond donors (Lipinski definition) is 0. The summed E-state index contributed by atoms with van der Waals surface area (Å²) in [5, 5.41) is 0. The van der Waals surface area contributed by atoms with Crippen LogP contribution in [0.2, 0.25) is 0 Å². The number of methoxy groups -OCH3 is 1. The van der Waals surface area contributed by atoms with E-state index in [-0.39, 0.29) is 23.4 Å². The van der Waals surface area contributed by atoms with Gasteiger partial charge in [0.1, 0.15) is 17.5 Å². The molecule has 2 aliphatic heterocycles. The molecule has 2 aliphatic rings. The van der Waals surface area contributed by atoms with Crippen molar-refractivity contribution >= 4 is 27.8 Å². The van der Waals surface area contributed by atoms with Crippen LogP contribution >= 0.6 is 0 Å². The molecular formula is C20H18N2O6S. The fourth-order valence-electron chi connectivity index (χ4n) is 3.73. The summed E-state index contributed by atoms with van der Waals surface area (Å²) in [6.07, 6.45) is 0.259. The molecule has 2 aromatic rings. The number of nitrogens with zero attached hydrogens (tertiary/aromatic N) is 2.